The van der Waals surface area contributed by atoms with E-state index in [9.17, 15) is 0 Å². The van der Waals surface area contributed by atoms with Crippen LogP contribution in [0.15, 0.2) is 30.6 Å². The van der Waals surface area contributed by atoms with Crippen LogP contribution in [0, 0.1) is 0 Å². The molecule has 1 aliphatic heterocycles. The number of aromatic nitrogens is 4. The predicted octanol–water partition coefficient (Wildman–Crippen LogP) is 3.08. The molecule has 2 N–H and O–H groups in total. The number of halogens is 2. The summed E-state index contributed by atoms with van der Waals surface area (Å²) in [5.41, 5.74) is 9.61. The fourth-order valence-corrected chi connectivity index (χ4v) is 3.89. The van der Waals surface area contributed by atoms with Gasteiger partial charge in [0.1, 0.15) is 5.52 Å². The molecule has 1 fully saturated rings. The Morgan fingerprint density at radius 2 is 2.00 bits per heavy atom. The van der Waals surface area contributed by atoms with Crippen LogP contribution in [0.25, 0.3) is 11.2 Å². The van der Waals surface area contributed by atoms with Gasteiger partial charge in [-0.05, 0) is 30.7 Å². The number of hydrogen-bond donors (Lipinski definition) is 1. The van der Waals surface area contributed by atoms with Gasteiger partial charge in [-0.1, -0.05) is 29.3 Å². The van der Waals surface area contributed by atoms with Crippen molar-refractivity contribution in [2.45, 2.75) is 25.4 Å². The molecule has 3 aromatic rings. The summed E-state index contributed by atoms with van der Waals surface area (Å²) >= 11 is 12.1. The van der Waals surface area contributed by atoms with Gasteiger partial charge in [0, 0.05) is 37.9 Å². The number of nitrogens with two attached hydrogens (primary N) is 1. The zero-order valence-corrected chi connectivity index (χ0v) is 15.8. The number of rotatable bonds is 5. The lowest BCUT2D eigenvalue weighted by atomic mass is 10.0. The third-order valence-electron chi connectivity index (χ3n) is 4.78. The average molecular weight is 391 g/mol. The maximum absolute atomic E-state index is 6.13. The SMILES string of the molecule is NCCn1nc([C@@H]2CCN(Cc3ccc(Cl)c(Cl)c3)C2)c2nccnc21. The van der Waals surface area contributed by atoms with Gasteiger partial charge in [0.05, 0.1) is 22.3 Å². The van der Waals surface area contributed by atoms with Gasteiger partial charge in [-0.25, -0.2) is 14.6 Å². The van der Waals surface area contributed by atoms with Crippen LogP contribution in [0.1, 0.15) is 23.6 Å². The number of benzene rings is 1. The highest BCUT2D eigenvalue weighted by atomic mass is 35.5. The van der Waals surface area contributed by atoms with Crippen molar-refractivity contribution in [3.05, 3.63) is 51.9 Å². The Morgan fingerprint density at radius 1 is 1.15 bits per heavy atom. The zero-order valence-electron chi connectivity index (χ0n) is 14.3. The molecule has 6 nitrogen and oxygen atoms in total. The van der Waals surface area contributed by atoms with Gasteiger partial charge >= 0.3 is 0 Å². The summed E-state index contributed by atoms with van der Waals surface area (Å²) in [4.78, 5) is 11.4. The van der Waals surface area contributed by atoms with Crippen molar-refractivity contribution in [2.75, 3.05) is 19.6 Å². The molecule has 0 bridgehead atoms. The van der Waals surface area contributed by atoms with E-state index in [1.165, 1.54) is 5.56 Å². The summed E-state index contributed by atoms with van der Waals surface area (Å²) in [7, 11) is 0. The lowest BCUT2D eigenvalue weighted by Gasteiger charge is -2.16. The molecule has 8 heteroatoms. The number of nitrogens with zero attached hydrogens (tertiary/aromatic N) is 5. The summed E-state index contributed by atoms with van der Waals surface area (Å²) in [6.07, 6.45) is 4.47. The second kappa shape index (κ2) is 7.48. The van der Waals surface area contributed by atoms with Gasteiger partial charge in [-0.3, -0.25) is 4.90 Å². The van der Waals surface area contributed by atoms with Crippen molar-refractivity contribution in [2.24, 2.45) is 5.73 Å². The Labute approximate surface area is 161 Å². The first-order valence-electron chi connectivity index (χ1n) is 8.69. The molecule has 26 heavy (non-hydrogen) atoms. The molecule has 136 valence electrons. The van der Waals surface area contributed by atoms with Gasteiger partial charge in [-0.2, -0.15) is 5.10 Å². The molecule has 1 saturated heterocycles. The predicted molar refractivity (Wildman–Crippen MR) is 103 cm³/mol. The molecular formula is C18H20Cl2N6. The lowest BCUT2D eigenvalue weighted by molar-refractivity contribution is 0.326. The van der Waals surface area contributed by atoms with Crippen molar-refractivity contribution in [3.63, 3.8) is 0 Å². The van der Waals surface area contributed by atoms with E-state index in [0.29, 0.717) is 29.1 Å². The summed E-state index contributed by atoms with van der Waals surface area (Å²) in [6.45, 7) is 3.97. The van der Waals surface area contributed by atoms with E-state index in [0.717, 1.165) is 42.9 Å². The van der Waals surface area contributed by atoms with Crippen LogP contribution in [0.4, 0.5) is 0 Å². The molecule has 0 spiro atoms. The van der Waals surface area contributed by atoms with Gasteiger partial charge in [0.15, 0.2) is 5.65 Å². The van der Waals surface area contributed by atoms with Gasteiger partial charge < -0.3 is 5.73 Å². The lowest BCUT2D eigenvalue weighted by Crippen LogP contribution is -2.20. The molecule has 1 aromatic carbocycles. The maximum Gasteiger partial charge on any atom is 0.177 e. The normalized spacial score (nSPS) is 18.0. The number of hydrogen-bond acceptors (Lipinski definition) is 5. The molecule has 0 aliphatic carbocycles. The van der Waals surface area contributed by atoms with E-state index in [2.05, 4.69) is 14.9 Å². The fraction of sp³-hybridized carbons (Fsp3) is 0.389. The second-order valence-electron chi connectivity index (χ2n) is 6.59. The molecule has 3 heterocycles. The first kappa shape index (κ1) is 17.7. The summed E-state index contributed by atoms with van der Waals surface area (Å²) < 4.78 is 1.87. The third kappa shape index (κ3) is 3.42. The molecular weight excluding hydrogens is 371 g/mol. The Bertz CT molecular complexity index is 925. The van der Waals surface area contributed by atoms with Gasteiger partial charge in [0.25, 0.3) is 0 Å². The molecule has 1 atom stereocenters. The summed E-state index contributed by atoms with van der Waals surface area (Å²) in [6, 6.07) is 5.82. The molecule has 0 saturated carbocycles. The van der Waals surface area contributed by atoms with Crippen molar-refractivity contribution >= 4 is 34.4 Å². The monoisotopic (exact) mass is 390 g/mol. The Kier molecular flexibility index (Phi) is 5.09. The quantitative estimate of drug-likeness (QED) is 0.724. The third-order valence-corrected chi connectivity index (χ3v) is 5.52. The van der Waals surface area contributed by atoms with Crippen LogP contribution in [0.2, 0.25) is 10.0 Å². The summed E-state index contributed by atoms with van der Waals surface area (Å²) in [5, 5.41) is 5.96. The van der Waals surface area contributed by atoms with Crippen LogP contribution in [-0.4, -0.2) is 44.3 Å². The van der Waals surface area contributed by atoms with Crippen LogP contribution in [0.3, 0.4) is 0 Å². The zero-order chi connectivity index (χ0) is 18.1. The van der Waals surface area contributed by atoms with Crippen molar-refractivity contribution in [1.82, 2.24) is 24.6 Å². The minimum absolute atomic E-state index is 0.344. The van der Waals surface area contributed by atoms with Crippen molar-refractivity contribution in [1.29, 1.82) is 0 Å². The highest BCUT2D eigenvalue weighted by molar-refractivity contribution is 6.42. The minimum atomic E-state index is 0.344. The topological polar surface area (TPSA) is 72.9 Å². The Morgan fingerprint density at radius 3 is 2.81 bits per heavy atom. The minimum Gasteiger partial charge on any atom is -0.329 e. The molecule has 0 radical (unpaired) electrons. The smallest absolute Gasteiger partial charge is 0.177 e. The van der Waals surface area contributed by atoms with Gasteiger partial charge in [0.2, 0.25) is 0 Å². The summed E-state index contributed by atoms with van der Waals surface area (Å²) in [5.74, 6) is 0.344. The standard InChI is InChI=1S/C18H20Cl2N6/c19-14-2-1-12(9-15(14)20)10-25-7-3-13(11-25)16-17-18(23-6-5-22-17)26(24-16)8-4-21/h1-2,5-6,9,13H,3-4,7-8,10-11,21H2/t13-/m1/s1. The average Bonchev–Trinajstić information content (AvgIpc) is 3.24. The van der Waals surface area contributed by atoms with Crippen LogP contribution >= 0.6 is 23.2 Å². The largest absolute Gasteiger partial charge is 0.329 e. The van der Waals surface area contributed by atoms with Crippen molar-refractivity contribution in [3.8, 4) is 0 Å². The second-order valence-corrected chi connectivity index (χ2v) is 7.41. The Hall–Kier alpha value is -1.73. The van der Waals surface area contributed by atoms with E-state index in [1.54, 1.807) is 12.4 Å². The van der Waals surface area contributed by atoms with E-state index >= 15 is 0 Å². The van der Waals surface area contributed by atoms with Crippen molar-refractivity contribution < 1.29 is 0 Å². The van der Waals surface area contributed by atoms with E-state index in [1.807, 2.05) is 22.9 Å². The van der Waals surface area contributed by atoms with Gasteiger partial charge in [-0.15, -0.1) is 0 Å². The first-order valence-corrected chi connectivity index (χ1v) is 9.45. The molecule has 0 amide bonds. The van der Waals surface area contributed by atoms with E-state index < -0.39 is 0 Å². The molecule has 1 aliphatic rings. The maximum atomic E-state index is 6.13. The number of likely N-dealkylation sites (tertiary alicyclic amines) is 1. The first-order chi connectivity index (χ1) is 12.7. The Balaban J connectivity index is 1.53. The fourth-order valence-electron chi connectivity index (χ4n) is 3.57. The van der Waals surface area contributed by atoms with Crippen LogP contribution in [-0.2, 0) is 13.1 Å². The highest BCUT2D eigenvalue weighted by Gasteiger charge is 2.29. The van der Waals surface area contributed by atoms with Crippen LogP contribution < -0.4 is 5.73 Å². The van der Waals surface area contributed by atoms with E-state index in [4.69, 9.17) is 34.0 Å². The van der Waals surface area contributed by atoms with Crippen LogP contribution in [0.5, 0.6) is 0 Å². The highest BCUT2D eigenvalue weighted by Crippen LogP contribution is 2.31. The number of fused-ring (bicyclic) bond motifs is 1. The molecule has 0 unspecified atom stereocenters. The molecule has 4 rings (SSSR count). The molecule has 2 aromatic heterocycles. The van der Waals surface area contributed by atoms with E-state index in [-0.39, 0.29) is 0 Å².